The minimum atomic E-state index is -0.460. The van der Waals surface area contributed by atoms with Gasteiger partial charge in [-0.2, -0.15) is 0 Å². The Morgan fingerprint density at radius 3 is 2.54 bits per heavy atom. The highest BCUT2D eigenvalue weighted by atomic mass is 32.2. The van der Waals surface area contributed by atoms with Gasteiger partial charge >= 0.3 is 0 Å². The number of nitrogens with two attached hydrogens (primary N) is 1. The second-order valence-electron chi connectivity index (χ2n) is 6.27. The SMILES string of the molecule is CC(C)N(C(=O)CSc1nnc(COc2ccccc2F)n1N)C(C)C. The van der Waals surface area contributed by atoms with Crippen molar-refractivity contribution >= 4 is 17.7 Å². The molecule has 0 atom stereocenters. The highest BCUT2D eigenvalue weighted by Gasteiger charge is 2.21. The molecule has 0 aliphatic carbocycles. The summed E-state index contributed by atoms with van der Waals surface area (Å²) in [5, 5.41) is 8.33. The molecule has 2 N–H and O–H groups in total. The first-order valence-corrected chi connectivity index (χ1v) is 9.30. The van der Waals surface area contributed by atoms with Crippen molar-refractivity contribution in [3.63, 3.8) is 0 Å². The molecule has 1 amide bonds. The number of halogens is 1. The molecule has 0 aliphatic heterocycles. The average molecular weight is 381 g/mol. The molecule has 142 valence electrons. The second-order valence-corrected chi connectivity index (χ2v) is 7.21. The van der Waals surface area contributed by atoms with Crippen LogP contribution in [0.25, 0.3) is 0 Å². The van der Waals surface area contributed by atoms with Gasteiger partial charge in [-0.1, -0.05) is 23.9 Å². The summed E-state index contributed by atoms with van der Waals surface area (Å²) in [4.78, 5) is 14.2. The van der Waals surface area contributed by atoms with Gasteiger partial charge in [0.05, 0.1) is 5.75 Å². The molecular formula is C17H24FN5O2S. The van der Waals surface area contributed by atoms with Gasteiger partial charge in [-0.15, -0.1) is 10.2 Å². The van der Waals surface area contributed by atoms with E-state index in [4.69, 9.17) is 10.6 Å². The van der Waals surface area contributed by atoms with Crippen LogP contribution < -0.4 is 10.6 Å². The molecule has 1 aromatic carbocycles. The lowest BCUT2D eigenvalue weighted by molar-refractivity contribution is -0.131. The summed E-state index contributed by atoms with van der Waals surface area (Å²) in [6.07, 6.45) is 0. The molecule has 0 fully saturated rings. The molecule has 0 saturated carbocycles. The smallest absolute Gasteiger partial charge is 0.233 e. The quantitative estimate of drug-likeness (QED) is 0.558. The van der Waals surface area contributed by atoms with Gasteiger partial charge in [-0.3, -0.25) is 4.79 Å². The zero-order valence-corrected chi connectivity index (χ0v) is 16.2. The van der Waals surface area contributed by atoms with Crippen LogP contribution in [0.15, 0.2) is 29.4 Å². The summed E-state index contributed by atoms with van der Waals surface area (Å²) in [6, 6.07) is 6.31. The van der Waals surface area contributed by atoms with Crippen molar-refractivity contribution in [3.8, 4) is 5.75 Å². The molecule has 26 heavy (non-hydrogen) atoms. The third kappa shape index (κ3) is 4.87. The molecule has 0 unspecified atom stereocenters. The number of carbonyl (C=O) groups is 1. The standard InChI is InChI=1S/C17H24FN5O2S/c1-11(2)22(12(3)4)16(24)10-26-17-21-20-15(23(17)19)9-25-14-8-6-5-7-13(14)18/h5-8,11-12H,9-10,19H2,1-4H3. The van der Waals surface area contributed by atoms with E-state index in [1.165, 1.54) is 28.6 Å². The Morgan fingerprint density at radius 2 is 1.92 bits per heavy atom. The maximum Gasteiger partial charge on any atom is 0.233 e. The Kier molecular flexibility index (Phi) is 6.84. The maximum absolute atomic E-state index is 13.6. The van der Waals surface area contributed by atoms with Gasteiger partial charge in [0.25, 0.3) is 0 Å². The van der Waals surface area contributed by atoms with Gasteiger partial charge in [0, 0.05) is 12.1 Å². The molecular weight excluding hydrogens is 357 g/mol. The largest absolute Gasteiger partial charge is 0.482 e. The monoisotopic (exact) mass is 381 g/mol. The number of hydrogen-bond donors (Lipinski definition) is 1. The predicted octanol–water partition coefficient (Wildman–Crippen LogP) is 2.45. The Labute approximate surface area is 156 Å². The van der Waals surface area contributed by atoms with Crippen molar-refractivity contribution in [1.82, 2.24) is 19.8 Å². The van der Waals surface area contributed by atoms with Crippen LogP contribution in [0.3, 0.4) is 0 Å². The molecule has 9 heteroatoms. The van der Waals surface area contributed by atoms with Crippen LogP contribution in [-0.4, -0.2) is 43.5 Å². The fourth-order valence-electron chi connectivity index (χ4n) is 2.58. The maximum atomic E-state index is 13.6. The van der Waals surface area contributed by atoms with Crippen LogP contribution in [0, 0.1) is 5.82 Å². The zero-order chi connectivity index (χ0) is 19.3. The highest BCUT2D eigenvalue weighted by molar-refractivity contribution is 7.99. The van der Waals surface area contributed by atoms with Gasteiger partial charge in [-0.25, -0.2) is 9.07 Å². The van der Waals surface area contributed by atoms with E-state index in [-0.39, 0.29) is 36.1 Å². The van der Waals surface area contributed by atoms with E-state index in [0.717, 1.165) is 0 Å². The topological polar surface area (TPSA) is 86.3 Å². The Balaban J connectivity index is 1.96. The number of para-hydroxylation sites is 1. The average Bonchev–Trinajstić information content (AvgIpc) is 2.91. The first-order valence-electron chi connectivity index (χ1n) is 8.32. The van der Waals surface area contributed by atoms with Crippen LogP contribution in [0.4, 0.5) is 4.39 Å². The normalized spacial score (nSPS) is 11.2. The number of carbonyl (C=O) groups excluding carboxylic acids is 1. The van der Waals surface area contributed by atoms with E-state index in [1.54, 1.807) is 12.1 Å². The lowest BCUT2D eigenvalue weighted by Gasteiger charge is -2.30. The number of aromatic nitrogens is 3. The van der Waals surface area contributed by atoms with Gasteiger partial charge in [-0.05, 0) is 39.8 Å². The van der Waals surface area contributed by atoms with E-state index in [1.807, 2.05) is 32.6 Å². The van der Waals surface area contributed by atoms with Crippen LogP contribution in [-0.2, 0) is 11.4 Å². The van der Waals surface area contributed by atoms with Crippen LogP contribution in [0.5, 0.6) is 5.75 Å². The summed E-state index contributed by atoms with van der Waals surface area (Å²) >= 11 is 1.21. The number of benzene rings is 1. The second kappa shape index (κ2) is 8.88. The lowest BCUT2D eigenvalue weighted by atomic mass is 10.2. The molecule has 0 radical (unpaired) electrons. The van der Waals surface area contributed by atoms with Crippen LogP contribution >= 0.6 is 11.8 Å². The van der Waals surface area contributed by atoms with Crippen molar-refractivity contribution in [1.29, 1.82) is 0 Å². The van der Waals surface area contributed by atoms with Gasteiger partial charge in [0.2, 0.25) is 11.1 Å². The van der Waals surface area contributed by atoms with E-state index < -0.39 is 5.82 Å². The molecule has 1 heterocycles. The van der Waals surface area contributed by atoms with Gasteiger partial charge in [0.15, 0.2) is 17.4 Å². The van der Waals surface area contributed by atoms with E-state index in [2.05, 4.69) is 10.2 Å². The minimum Gasteiger partial charge on any atom is -0.482 e. The van der Waals surface area contributed by atoms with E-state index in [9.17, 15) is 9.18 Å². The Bertz CT molecular complexity index is 743. The summed E-state index contributed by atoms with van der Waals surface area (Å²) in [7, 11) is 0. The van der Waals surface area contributed by atoms with Crippen molar-refractivity contribution in [2.75, 3.05) is 11.6 Å². The van der Waals surface area contributed by atoms with Gasteiger partial charge < -0.3 is 15.5 Å². The van der Waals surface area contributed by atoms with Crippen molar-refractivity contribution in [3.05, 3.63) is 35.9 Å². The minimum absolute atomic E-state index is 0.00663. The number of nitrogen functional groups attached to an aromatic ring is 1. The molecule has 0 saturated heterocycles. The third-order valence-corrected chi connectivity index (χ3v) is 4.58. The van der Waals surface area contributed by atoms with Gasteiger partial charge in [0.1, 0.15) is 6.61 Å². The fourth-order valence-corrected chi connectivity index (χ4v) is 3.33. The first-order chi connectivity index (χ1) is 12.3. The molecule has 0 spiro atoms. The van der Waals surface area contributed by atoms with Crippen molar-refractivity contribution in [2.45, 2.75) is 51.5 Å². The number of amides is 1. The molecule has 0 bridgehead atoms. The van der Waals surface area contributed by atoms with E-state index >= 15 is 0 Å². The summed E-state index contributed by atoms with van der Waals surface area (Å²) < 4.78 is 20.2. The fraction of sp³-hybridized carbons (Fsp3) is 0.471. The lowest BCUT2D eigenvalue weighted by Crippen LogP contribution is -2.43. The summed E-state index contributed by atoms with van der Waals surface area (Å²) in [5.41, 5.74) is 0. The summed E-state index contributed by atoms with van der Waals surface area (Å²) in [5.74, 6) is 6.17. The predicted molar refractivity (Wildman–Crippen MR) is 98.7 cm³/mol. The number of thioether (sulfide) groups is 1. The van der Waals surface area contributed by atoms with Crippen LogP contribution in [0.2, 0.25) is 0 Å². The molecule has 2 aromatic rings. The number of rotatable bonds is 8. The number of nitrogens with zero attached hydrogens (tertiary/aromatic N) is 4. The van der Waals surface area contributed by atoms with Crippen LogP contribution in [0.1, 0.15) is 33.5 Å². The third-order valence-electron chi connectivity index (χ3n) is 3.65. The molecule has 0 aliphatic rings. The molecule has 2 rings (SSSR count). The number of hydrogen-bond acceptors (Lipinski definition) is 6. The van der Waals surface area contributed by atoms with Crippen molar-refractivity contribution in [2.24, 2.45) is 0 Å². The molecule has 1 aromatic heterocycles. The highest BCUT2D eigenvalue weighted by Crippen LogP contribution is 2.19. The first kappa shape index (κ1) is 20.0. The zero-order valence-electron chi connectivity index (χ0n) is 15.3. The Hall–Kier alpha value is -2.29. The molecule has 7 nitrogen and oxygen atoms in total. The van der Waals surface area contributed by atoms with Crippen molar-refractivity contribution < 1.29 is 13.9 Å². The number of ether oxygens (including phenoxy) is 1. The van der Waals surface area contributed by atoms with E-state index in [0.29, 0.717) is 11.0 Å². The Morgan fingerprint density at radius 1 is 1.27 bits per heavy atom. The summed E-state index contributed by atoms with van der Waals surface area (Å²) in [6.45, 7) is 7.89.